The van der Waals surface area contributed by atoms with E-state index in [0.717, 1.165) is 22.2 Å². The number of hydrogen-bond donors (Lipinski definition) is 0. The lowest BCUT2D eigenvalue weighted by Gasteiger charge is -1.97. The molecular formula is C17H13N5O. The van der Waals surface area contributed by atoms with Gasteiger partial charge in [-0.2, -0.15) is 4.98 Å². The monoisotopic (exact) mass is 303 g/mol. The van der Waals surface area contributed by atoms with E-state index in [9.17, 15) is 0 Å². The third-order valence-corrected chi connectivity index (χ3v) is 3.52. The van der Waals surface area contributed by atoms with E-state index >= 15 is 0 Å². The first-order valence-electron chi connectivity index (χ1n) is 7.19. The summed E-state index contributed by atoms with van der Waals surface area (Å²) < 4.78 is 7.16. The fourth-order valence-electron chi connectivity index (χ4n) is 2.41. The SMILES string of the molecule is C=CCn1nnc2cc(-c3nc(-c4ccccc4)no3)ccc21. The summed E-state index contributed by atoms with van der Waals surface area (Å²) in [4.78, 5) is 4.45. The number of rotatable bonds is 4. The summed E-state index contributed by atoms with van der Waals surface area (Å²) in [5, 5.41) is 12.3. The Labute approximate surface area is 132 Å². The maximum absolute atomic E-state index is 5.38. The van der Waals surface area contributed by atoms with Crippen molar-refractivity contribution in [1.82, 2.24) is 25.1 Å². The van der Waals surface area contributed by atoms with Crippen molar-refractivity contribution < 1.29 is 4.52 Å². The molecule has 0 spiro atoms. The van der Waals surface area contributed by atoms with E-state index in [1.54, 1.807) is 10.8 Å². The zero-order valence-corrected chi connectivity index (χ0v) is 12.3. The lowest BCUT2D eigenvalue weighted by Crippen LogP contribution is -1.96. The summed E-state index contributed by atoms with van der Waals surface area (Å²) in [7, 11) is 0. The number of aromatic nitrogens is 5. The smallest absolute Gasteiger partial charge is 0.258 e. The van der Waals surface area contributed by atoms with Gasteiger partial charge in [0.15, 0.2) is 0 Å². The molecule has 0 saturated heterocycles. The minimum Gasteiger partial charge on any atom is -0.334 e. The summed E-state index contributed by atoms with van der Waals surface area (Å²) >= 11 is 0. The molecule has 0 unspecified atom stereocenters. The van der Waals surface area contributed by atoms with Crippen molar-refractivity contribution in [3.63, 3.8) is 0 Å². The highest BCUT2D eigenvalue weighted by molar-refractivity contribution is 5.79. The van der Waals surface area contributed by atoms with Crippen LogP contribution in [-0.4, -0.2) is 25.1 Å². The Morgan fingerprint density at radius 3 is 2.78 bits per heavy atom. The molecule has 112 valence electrons. The van der Waals surface area contributed by atoms with E-state index in [0.29, 0.717) is 18.3 Å². The highest BCUT2D eigenvalue weighted by Gasteiger charge is 2.12. The van der Waals surface area contributed by atoms with Gasteiger partial charge in [0.2, 0.25) is 5.82 Å². The highest BCUT2D eigenvalue weighted by Crippen LogP contribution is 2.24. The van der Waals surface area contributed by atoms with Gasteiger partial charge >= 0.3 is 0 Å². The highest BCUT2D eigenvalue weighted by atomic mass is 16.5. The lowest BCUT2D eigenvalue weighted by atomic mass is 10.2. The Morgan fingerprint density at radius 2 is 1.96 bits per heavy atom. The van der Waals surface area contributed by atoms with Crippen molar-refractivity contribution in [2.45, 2.75) is 6.54 Å². The molecular weight excluding hydrogens is 290 g/mol. The van der Waals surface area contributed by atoms with E-state index in [2.05, 4.69) is 27.0 Å². The van der Waals surface area contributed by atoms with Crippen LogP contribution >= 0.6 is 0 Å². The van der Waals surface area contributed by atoms with Crippen molar-refractivity contribution in [3.05, 3.63) is 61.2 Å². The molecule has 0 aliphatic rings. The third kappa shape index (κ3) is 2.40. The van der Waals surface area contributed by atoms with Crippen LogP contribution in [0.5, 0.6) is 0 Å². The van der Waals surface area contributed by atoms with E-state index in [1.165, 1.54) is 0 Å². The molecule has 0 atom stereocenters. The lowest BCUT2D eigenvalue weighted by molar-refractivity contribution is 0.432. The Balaban J connectivity index is 1.72. The van der Waals surface area contributed by atoms with Crippen LogP contribution in [0.25, 0.3) is 33.9 Å². The minimum atomic E-state index is 0.462. The Bertz CT molecular complexity index is 971. The molecule has 0 fully saturated rings. The number of benzene rings is 2. The average Bonchev–Trinajstić information content (AvgIpc) is 3.23. The van der Waals surface area contributed by atoms with Gasteiger partial charge in [0.1, 0.15) is 5.52 Å². The molecule has 0 saturated carbocycles. The second kappa shape index (κ2) is 5.49. The van der Waals surface area contributed by atoms with Crippen molar-refractivity contribution in [2.24, 2.45) is 0 Å². The standard InChI is InChI=1S/C17H13N5O/c1-2-10-22-15-9-8-13(11-14(15)19-21-22)17-18-16(20-23-17)12-6-4-3-5-7-12/h2-9,11H,1,10H2. The molecule has 6 heteroatoms. The van der Waals surface area contributed by atoms with Gasteiger partial charge in [-0.05, 0) is 18.2 Å². The molecule has 23 heavy (non-hydrogen) atoms. The summed E-state index contributed by atoms with van der Waals surface area (Å²) in [6.45, 7) is 4.34. The summed E-state index contributed by atoms with van der Waals surface area (Å²) in [6.07, 6.45) is 1.78. The molecule has 6 nitrogen and oxygen atoms in total. The quantitative estimate of drug-likeness (QED) is 0.541. The first-order valence-corrected chi connectivity index (χ1v) is 7.19. The molecule has 2 heterocycles. The Morgan fingerprint density at radius 1 is 1.09 bits per heavy atom. The van der Waals surface area contributed by atoms with Crippen molar-refractivity contribution >= 4 is 11.0 Å². The van der Waals surface area contributed by atoms with Crippen LogP contribution in [0.2, 0.25) is 0 Å². The molecule has 0 amide bonds. The van der Waals surface area contributed by atoms with Crippen LogP contribution < -0.4 is 0 Å². The predicted octanol–water partition coefficient (Wildman–Crippen LogP) is 3.33. The maximum Gasteiger partial charge on any atom is 0.258 e. The predicted molar refractivity (Wildman–Crippen MR) is 86.5 cm³/mol. The van der Waals surface area contributed by atoms with Crippen LogP contribution in [0.3, 0.4) is 0 Å². The molecule has 2 aromatic carbocycles. The largest absolute Gasteiger partial charge is 0.334 e. The molecule has 4 aromatic rings. The van der Waals surface area contributed by atoms with E-state index in [-0.39, 0.29) is 0 Å². The number of allylic oxidation sites excluding steroid dienone is 1. The van der Waals surface area contributed by atoms with Crippen LogP contribution in [-0.2, 0) is 6.54 Å². The molecule has 2 aromatic heterocycles. The second-order valence-electron chi connectivity index (χ2n) is 5.05. The molecule has 0 aliphatic carbocycles. The van der Waals surface area contributed by atoms with Crippen LogP contribution in [0.1, 0.15) is 0 Å². The van der Waals surface area contributed by atoms with Crippen molar-refractivity contribution in [1.29, 1.82) is 0 Å². The number of nitrogens with zero attached hydrogens (tertiary/aromatic N) is 5. The van der Waals surface area contributed by atoms with Gasteiger partial charge in [0.25, 0.3) is 5.89 Å². The Hall–Kier alpha value is -3.28. The maximum atomic E-state index is 5.38. The molecule has 0 bridgehead atoms. The topological polar surface area (TPSA) is 69.6 Å². The van der Waals surface area contributed by atoms with Crippen molar-refractivity contribution in [2.75, 3.05) is 0 Å². The van der Waals surface area contributed by atoms with Gasteiger partial charge in [-0.15, -0.1) is 11.7 Å². The van der Waals surface area contributed by atoms with Gasteiger partial charge in [-0.25, -0.2) is 4.68 Å². The Kier molecular flexibility index (Phi) is 3.20. The summed E-state index contributed by atoms with van der Waals surface area (Å²) in [5.41, 5.74) is 3.46. The summed E-state index contributed by atoms with van der Waals surface area (Å²) in [6, 6.07) is 15.5. The molecule has 0 N–H and O–H groups in total. The first-order chi connectivity index (χ1) is 11.3. The van der Waals surface area contributed by atoms with E-state index in [4.69, 9.17) is 4.52 Å². The van der Waals surface area contributed by atoms with Crippen LogP contribution in [0, 0.1) is 0 Å². The van der Waals surface area contributed by atoms with Gasteiger partial charge < -0.3 is 4.52 Å². The average molecular weight is 303 g/mol. The van der Waals surface area contributed by atoms with E-state index in [1.807, 2.05) is 48.5 Å². The number of hydrogen-bond acceptors (Lipinski definition) is 5. The molecule has 0 aliphatic heterocycles. The van der Waals surface area contributed by atoms with Crippen LogP contribution in [0.15, 0.2) is 65.7 Å². The molecule has 0 radical (unpaired) electrons. The van der Waals surface area contributed by atoms with E-state index < -0.39 is 0 Å². The van der Waals surface area contributed by atoms with Gasteiger partial charge in [-0.1, -0.05) is 46.8 Å². The zero-order chi connectivity index (χ0) is 15.6. The first kappa shape index (κ1) is 13.4. The van der Waals surface area contributed by atoms with Gasteiger partial charge in [0.05, 0.1) is 12.1 Å². The zero-order valence-electron chi connectivity index (χ0n) is 12.3. The van der Waals surface area contributed by atoms with Gasteiger partial charge in [0, 0.05) is 11.1 Å². The van der Waals surface area contributed by atoms with Crippen molar-refractivity contribution in [3.8, 4) is 22.8 Å². The minimum absolute atomic E-state index is 0.462. The second-order valence-corrected chi connectivity index (χ2v) is 5.05. The third-order valence-electron chi connectivity index (χ3n) is 3.52. The fourth-order valence-corrected chi connectivity index (χ4v) is 2.41. The van der Waals surface area contributed by atoms with Gasteiger partial charge in [-0.3, -0.25) is 0 Å². The molecule has 4 rings (SSSR count). The normalized spacial score (nSPS) is 11.0. The van der Waals surface area contributed by atoms with Crippen LogP contribution in [0.4, 0.5) is 0 Å². The number of fused-ring (bicyclic) bond motifs is 1. The fraction of sp³-hybridized carbons (Fsp3) is 0.0588. The summed E-state index contributed by atoms with van der Waals surface area (Å²) in [5.74, 6) is 1.03.